The molecule has 9 heteroatoms. The van der Waals surface area contributed by atoms with Gasteiger partial charge in [0.15, 0.2) is 5.65 Å². The van der Waals surface area contributed by atoms with Crippen molar-refractivity contribution >= 4 is 34.4 Å². The molecule has 3 heterocycles. The van der Waals surface area contributed by atoms with Crippen LogP contribution in [0, 0.1) is 5.82 Å². The minimum absolute atomic E-state index is 0.314. The van der Waals surface area contributed by atoms with E-state index < -0.39 is 0 Å². The third kappa shape index (κ3) is 3.83. The molecule has 7 nitrogen and oxygen atoms in total. The Hall–Kier alpha value is -4.04. The molecule has 0 atom stereocenters. The van der Waals surface area contributed by atoms with Gasteiger partial charge in [0.1, 0.15) is 11.6 Å². The van der Waals surface area contributed by atoms with E-state index in [2.05, 4.69) is 20.4 Å². The summed E-state index contributed by atoms with van der Waals surface area (Å²) in [5.41, 5.74) is 9.71. The van der Waals surface area contributed by atoms with Crippen LogP contribution in [0.5, 0.6) is 0 Å². The normalized spacial score (nSPS) is 11.1. The zero-order chi connectivity index (χ0) is 22.1. The molecule has 3 N–H and O–H groups in total. The van der Waals surface area contributed by atoms with Crippen LogP contribution in [-0.4, -0.2) is 24.7 Å². The molecule has 2 aromatic carbocycles. The minimum Gasteiger partial charge on any atom is -0.383 e. The van der Waals surface area contributed by atoms with Gasteiger partial charge in [-0.15, -0.1) is 5.10 Å². The molecule has 0 saturated carbocycles. The first-order valence-corrected chi connectivity index (χ1v) is 10.2. The van der Waals surface area contributed by atoms with Gasteiger partial charge in [-0.05, 0) is 42.0 Å². The average molecular weight is 446 g/mol. The van der Waals surface area contributed by atoms with Crippen LogP contribution in [0.4, 0.5) is 16.2 Å². The molecule has 0 saturated heterocycles. The van der Waals surface area contributed by atoms with Crippen LogP contribution in [0.15, 0.2) is 73.1 Å². The molecule has 0 aliphatic carbocycles. The van der Waals surface area contributed by atoms with Crippen LogP contribution >= 0.6 is 11.6 Å². The zero-order valence-corrected chi connectivity index (χ0v) is 17.5. The number of nitrogen functional groups attached to an aromatic ring is 1. The van der Waals surface area contributed by atoms with Crippen molar-refractivity contribution in [3.05, 3.63) is 89.5 Å². The summed E-state index contributed by atoms with van der Waals surface area (Å²) in [5.74, 6) is 0.314. The van der Waals surface area contributed by atoms with Gasteiger partial charge in [0, 0.05) is 29.5 Å². The summed E-state index contributed by atoms with van der Waals surface area (Å²) in [6, 6.07) is 17.1. The molecular formula is C23H17ClFN7. The summed E-state index contributed by atoms with van der Waals surface area (Å²) in [6.07, 6.45) is 3.48. The van der Waals surface area contributed by atoms with Gasteiger partial charge in [-0.1, -0.05) is 35.9 Å². The van der Waals surface area contributed by atoms with Gasteiger partial charge in [0.2, 0.25) is 5.95 Å². The van der Waals surface area contributed by atoms with Crippen molar-refractivity contribution in [1.29, 1.82) is 0 Å². The molecular weight excluding hydrogens is 429 g/mol. The zero-order valence-electron chi connectivity index (χ0n) is 16.7. The van der Waals surface area contributed by atoms with Crippen molar-refractivity contribution in [3.63, 3.8) is 0 Å². The van der Waals surface area contributed by atoms with Crippen LogP contribution in [-0.2, 0) is 6.54 Å². The predicted octanol–water partition coefficient (Wildman–Crippen LogP) is 4.86. The largest absolute Gasteiger partial charge is 0.383 e. The second-order valence-electron chi connectivity index (χ2n) is 7.09. The molecule has 5 aromatic rings. The van der Waals surface area contributed by atoms with Crippen molar-refractivity contribution in [1.82, 2.24) is 24.7 Å². The fraction of sp³-hybridized carbons (Fsp3) is 0.0435. The molecule has 0 aliphatic heterocycles. The lowest BCUT2D eigenvalue weighted by atomic mass is 10.1. The molecule has 32 heavy (non-hydrogen) atoms. The van der Waals surface area contributed by atoms with Crippen LogP contribution in [0.2, 0.25) is 5.02 Å². The number of rotatable bonds is 5. The van der Waals surface area contributed by atoms with Crippen molar-refractivity contribution in [2.24, 2.45) is 0 Å². The molecule has 0 aliphatic rings. The quantitative estimate of drug-likeness (QED) is 0.401. The number of nitrogens with two attached hydrogens (primary N) is 1. The molecule has 0 spiro atoms. The smallest absolute Gasteiger partial charge is 0.225 e. The first-order chi connectivity index (χ1) is 15.6. The van der Waals surface area contributed by atoms with Gasteiger partial charge in [-0.2, -0.15) is 4.98 Å². The Balaban J connectivity index is 1.65. The first kappa shape index (κ1) is 19.9. The van der Waals surface area contributed by atoms with Crippen molar-refractivity contribution in [3.8, 4) is 16.9 Å². The number of nitrogens with zero attached hydrogens (tertiary/aromatic N) is 5. The number of hydrogen-bond acceptors (Lipinski definition) is 6. The van der Waals surface area contributed by atoms with Crippen LogP contribution in [0.3, 0.4) is 0 Å². The van der Waals surface area contributed by atoms with Crippen LogP contribution in [0.1, 0.15) is 5.56 Å². The van der Waals surface area contributed by atoms with Gasteiger partial charge in [0.25, 0.3) is 0 Å². The fourth-order valence-corrected chi connectivity index (χ4v) is 3.52. The van der Waals surface area contributed by atoms with Gasteiger partial charge in [0.05, 0.1) is 16.8 Å². The van der Waals surface area contributed by atoms with Crippen LogP contribution in [0.25, 0.3) is 28.0 Å². The Morgan fingerprint density at radius 2 is 1.88 bits per heavy atom. The number of fused-ring (bicyclic) bond motifs is 1. The van der Waals surface area contributed by atoms with Crippen LogP contribution < -0.4 is 11.1 Å². The van der Waals surface area contributed by atoms with E-state index in [0.717, 1.165) is 11.1 Å². The molecule has 0 unspecified atom stereocenters. The maximum absolute atomic E-state index is 13.8. The molecule has 158 valence electrons. The lowest BCUT2D eigenvalue weighted by Crippen LogP contribution is -2.05. The Bertz CT molecular complexity index is 1400. The van der Waals surface area contributed by atoms with E-state index in [1.54, 1.807) is 36.7 Å². The highest BCUT2D eigenvalue weighted by Gasteiger charge is 2.19. The van der Waals surface area contributed by atoms with E-state index in [-0.39, 0.29) is 5.82 Å². The maximum atomic E-state index is 13.8. The maximum Gasteiger partial charge on any atom is 0.225 e. The summed E-state index contributed by atoms with van der Waals surface area (Å²) in [6.45, 7) is 0.486. The fourth-order valence-electron chi connectivity index (χ4n) is 3.40. The molecule has 0 fully saturated rings. The number of pyridine rings is 1. The van der Waals surface area contributed by atoms with E-state index in [1.165, 1.54) is 16.8 Å². The minimum atomic E-state index is -0.385. The molecule has 0 amide bonds. The standard InChI is InChI=1S/C23H17ClFN7/c24-16-8-6-15(7-9-16)20-19-21(26)32(18-5-1-4-17(25)11-18)31-22(19)30-23(29-20)28-13-14-3-2-10-27-12-14/h1-12H,13,26H2,(H,28,30,31). The monoisotopic (exact) mass is 445 g/mol. The highest BCUT2D eigenvalue weighted by Crippen LogP contribution is 2.33. The van der Waals surface area contributed by atoms with Gasteiger partial charge in [-0.3, -0.25) is 4.98 Å². The Morgan fingerprint density at radius 1 is 1.03 bits per heavy atom. The van der Waals surface area contributed by atoms with Crippen molar-refractivity contribution in [2.45, 2.75) is 6.54 Å². The number of halogens is 2. The van der Waals surface area contributed by atoms with E-state index in [4.69, 9.17) is 22.3 Å². The molecule has 0 radical (unpaired) electrons. The third-order valence-electron chi connectivity index (χ3n) is 4.91. The number of aromatic nitrogens is 5. The summed E-state index contributed by atoms with van der Waals surface area (Å²) < 4.78 is 15.3. The Labute approximate surface area is 187 Å². The summed E-state index contributed by atoms with van der Waals surface area (Å²) in [4.78, 5) is 13.4. The van der Waals surface area contributed by atoms with E-state index >= 15 is 0 Å². The van der Waals surface area contributed by atoms with E-state index in [0.29, 0.717) is 45.7 Å². The number of benzene rings is 2. The third-order valence-corrected chi connectivity index (χ3v) is 5.16. The van der Waals surface area contributed by atoms with E-state index in [1.807, 2.05) is 24.3 Å². The summed E-state index contributed by atoms with van der Waals surface area (Å²) >= 11 is 6.07. The lowest BCUT2D eigenvalue weighted by molar-refractivity contribution is 0.625. The predicted molar refractivity (Wildman–Crippen MR) is 123 cm³/mol. The highest BCUT2D eigenvalue weighted by molar-refractivity contribution is 6.30. The topological polar surface area (TPSA) is 94.5 Å². The number of hydrogen-bond donors (Lipinski definition) is 2. The molecule has 0 bridgehead atoms. The summed E-state index contributed by atoms with van der Waals surface area (Å²) in [7, 11) is 0. The van der Waals surface area contributed by atoms with E-state index in [9.17, 15) is 4.39 Å². The first-order valence-electron chi connectivity index (χ1n) is 9.79. The second-order valence-corrected chi connectivity index (χ2v) is 7.53. The Kier molecular flexibility index (Phi) is 5.12. The van der Waals surface area contributed by atoms with Gasteiger partial charge in [-0.25, -0.2) is 14.1 Å². The summed E-state index contributed by atoms with van der Waals surface area (Å²) in [5, 5.41) is 8.93. The number of anilines is 2. The Morgan fingerprint density at radius 3 is 2.62 bits per heavy atom. The van der Waals surface area contributed by atoms with Gasteiger partial charge < -0.3 is 11.1 Å². The highest BCUT2D eigenvalue weighted by atomic mass is 35.5. The van der Waals surface area contributed by atoms with Crippen molar-refractivity contribution < 1.29 is 4.39 Å². The molecule has 5 rings (SSSR count). The lowest BCUT2D eigenvalue weighted by Gasteiger charge is -2.09. The van der Waals surface area contributed by atoms with Crippen molar-refractivity contribution in [2.75, 3.05) is 11.1 Å². The second kappa shape index (κ2) is 8.24. The van der Waals surface area contributed by atoms with Gasteiger partial charge >= 0.3 is 0 Å². The molecule has 3 aromatic heterocycles. The SMILES string of the molecule is Nc1c2c(-c3ccc(Cl)cc3)nc(NCc3cccnc3)nc2nn1-c1cccc(F)c1. The average Bonchev–Trinajstić information content (AvgIpc) is 3.15. The number of nitrogens with one attached hydrogen (secondary N) is 1.